The van der Waals surface area contributed by atoms with Crippen LogP contribution in [0.3, 0.4) is 0 Å². The van der Waals surface area contributed by atoms with E-state index >= 15 is 0 Å². The molecule has 0 bridgehead atoms. The second kappa shape index (κ2) is 9.42. The number of nitrogens with zero attached hydrogens (tertiary/aromatic N) is 2. The van der Waals surface area contributed by atoms with Crippen molar-refractivity contribution in [3.05, 3.63) is 157 Å². The molecule has 0 N–H and O–H groups in total. The number of hydrogen-bond donors (Lipinski definition) is 0. The highest BCUT2D eigenvalue weighted by Crippen LogP contribution is 2.56. The molecular formula is C45H30N2O2. The molecule has 4 heteroatoms. The number of aromatic nitrogens is 1. The molecule has 0 radical (unpaired) electrons. The Hall–Kier alpha value is -6.26. The molecule has 11 rings (SSSR count). The van der Waals surface area contributed by atoms with Gasteiger partial charge in [0.1, 0.15) is 5.69 Å². The summed E-state index contributed by atoms with van der Waals surface area (Å²) in [6.45, 7) is 4.70. The van der Waals surface area contributed by atoms with Crippen LogP contribution in [-0.4, -0.2) is 4.57 Å². The zero-order valence-corrected chi connectivity index (χ0v) is 27.1. The first-order valence-electron chi connectivity index (χ1n) is 16.9. The number of anilines is 3. The van der Waals surface area contributed by atoms with Crippen molar-refractivity contribution in [3.8, 4) is 50.9 Å². The van der Waals surface area contributed by atoms with Crippen molar-refractivity contribution in [2.45, 2.75) is 19.3 Å². The Kier molecular flexibility index (Phi) is 5.15. The Bertz CT molecular complexity index is 2690. The van der Waals surface area contributed by atoms with Crippen molar-refractivity contribution in [2.24, 2.45) is 0 Å². The van der Waals surface area contributed by atoms with E-state index in [0.717, 1.165) is 73.0 Å². The molecule has 0 atom stereocenters. The average molecular weight is 631 g/mol. The third-order valence-electron chi connectivity index (χ3n) is 10.7. The first-order chi connectivity index (χ1) is 24.1. The van der Waals surface area contributed by atoms with Crippen LogP contribution in [0.1, 0.15) is 25.0 Å². The summed E-state index contributed by atoms with van der Waals surface area (Å²) in [6.07, 6.45) is 0. The van der Waals surface area contributed by atoms with Crippen molar-refractivity contribution >= 4 is 38.9 Å². The first-order valence-corrected chi connectivity index (χ1v) is 16.9. The molecule has 0 unspecified atom stereocenters. The Morgan fingerprint density at radius 2 is 1.16 bits per heavy atom. The third-order valence-corrected chi connectivity index (χ3v) is 10.7. The van der Waals surface area contributed by atoms with Gasteiger partial charge in [-0.05, 0) is 94.0 Å². The molecule has 1 aromatic heterocycles. The predicted octanol–water partition coefficient (Wildman–Crippen LogP) is 12.4. The molecule has 49 heavy (non-hydrogen) atoms. The fourth-order valence-electron chi connectivity index (χ4n) is 8.61. The molecule has 0 saturated carbocycles. The van der Waals surface area contributed by atoms with Crippen LogP contribution in [-0.2, 0) is 5.41 Å². The summed E-state index contributed by atoms with van der Waals surface area (Å²) >= 11 is 0. The molecular weight excluding hydrogens is 601 g/mol. The molecule has 2 aliphatic heterocycles. The minimum absolute atomic E-state index is 0.142. The first kappa shape index (κ1) is 26.8. The summed E-state index contributed by atoms with van der Waals surface area (Å²) in [4.78, 5) is 2.41. The number of benzene rings is 7. The summed E-state index contributed by atoms with van der Waals surface area (Å²) in [5, 5.41) is 2.32. The molecule has 3 aliphatic rings. The number of rotatable bonds is 4. The molecule has 0 saturated heterocycles. The molecule has 4 nitrogen and oxygen atoms in total. The third kappa shape index (κ3) is 3.53. The van der Waals surface area contributed by atoms with E-state index in [0.29, 0.717) is 0 Å². The van der Waals surface area contributed by atoms with E-state index in [2.05, 4.69) is 151 Å². The van der Waals surface area contributed by atoms with E-state index in [1.807, 2.05) is 18.2 Å². The van der Waals surface area contributed by atoms with Crippen molar-refractivity contribution < 1.29 is 9.47 Å². The van der Waals surface area contributed by atoms with Crippen molar-refractivity contribution in [2.75, 3.05) is 4.90 Å². The number of hydrogen-bond acceptors (Lipinski definition) is 3. The molecule has 0 spiro atoms. The smallest absolute Gasteiger partial charge is 0.155 e. The van der Waals surface area contributed by atoms with E-state index in [-0.39, 0.29) is 5.41 Å². The van der Waals surface area contributed by atoms with Gasteiger partial charge >= 0.3 is 0 Å². The van der Waals surface area contributed by atoms with Crippen molar-refractivity contribution in [3.63, 3.8) is 0 Å². The quantitative estimate of drug-likeness (QED) is 0.194. The molecule has 7 aromatic carbocycles. The van der Waals surface area contributed by atoms with Crippen molar-refractivity contribution in [1.29, 1.82) is 0 Å². The topological polar surface area (TPSA) is 26.6 Å². The van der Waals surface area contributed by atoms with E-state index < -0.39 is 0 Å². The lowest BCUT2D eigenvalue weighted by Crippen LogP contribution is -2.20. The van der Waals surface area contributed by atoms with Crippen LogP contribution in [0, 0.1) is 0 Å². The number of ether oxygens (including phenoxy) is 2. The van der Waals surface area contributed by atoms with Gasteiger partial charge in [-0.15, -0.1) is 0 Å². The standard InChI is InChI=1S/C45H30N2O2/c1-45(2)35-16-7-6-13-31(35)32-14-8-17-36(41(32)45)46(29-11-4-3-5-12-29)30-23-21-27(22-24-30)28-25-34-33-15-9-18-37-42(33)47-43(34)40(26-28)49-39-20-10-19-38(48-37)44(39)47/h3-26H,1-2H3. The minimum Gasteiger partial charge on any atom is -0.453 e. The largest absolute Gasteiger partial charge is 0.453 e. The van der Waals surface area contributed by atoms with Gasteiger partial charge in [0, 0.05) is 27.6 Å². The zero-order valence-electron chi connectivity index (χ0n) is 27.1. The lowest BCUT2D eigenvalue weighted by Gasteiger charge is -2.32. The van der Waals surface area contributed by atoms with Crippen LogP contribution in [0.15, 0.2) is 146 Å². The summed E-state index contributed by atoms with van der Waals surface area (Å²) in [5.41, 5.74) is 14.1. The van der Waals surface area contributed by atoms with Crippen LogP contribution in [0.5, 0.6) is 23.0 Å². The van der Waals surface area contributed by atoms with Gasteiger partial charge in [0.25, 0.3) is 0 Å². The average Bonchev–Trinajstić information content (AvgIpc) is 3.60. The fourth-order valence-corrected chi connectivity index (χ4v) is 8.61. The van der Waals surface area contributed by atoms with Gasteiger partial charge in [-0.25, -0.2) is 0 Å². The maximum absolute atomic E-state index is 6.61. The van der Waals surface area contributed by atoms with Gasteiger partial charge in [0.05, 0.1) is 16.7 Å². The van der Waals surface area contributed by atoms with Gasteiger partial charge in [0.2, 0.25) is 0 Å². The zero-order chi connectivity index (χ0) is 32.4. The lowest BCUT2D eigenvalue weighted by molar-refractivity contribution is 0.444. The Labute approximate surface area is 284 Å². The van der Waals surface area contributed by atoms with E-state index in [1.165, 1.54) is 27.9 Å². The summed E-state index contributed by atoms with van der Waals surface area (Å²) in [7, 11) is 0. The Morgan fingerprint density at radius 3 is 2.00 bits per heavy atom. The second-order valence-corrected chi connectivity index (χ2v) is 13.8. The highest BCUT2D eigenvalue weighted by atomic mass is 16.5. The van der Waals surface area contributed by atoms with Crippen LogP contribution in [0.25, 0.3) is 49.7 Å². The SMILES string of the molecule is CC1(C)c2ccccc2-c2cccc(N(c3ccccc3)c3ccc(-c4cc5c6c(c4)c4cccc7c4n6-c4c(cccc4O5)O7)cc3)c21. The van der Waals surface area contributed by atoms with Gasteiger partial charge in [-0.3, -0.25) is 4.57 Å². The van der Waals surface area contributed by atoms with Gasteiger partial charge in [0.15, 0.2) is 23.0 Å². The molecule has 232 valence electrons. The maximum Gasteiger partial charge on any atom is 0.155 e. The minimum atomic E-state index is -0.142. The van der Waals surface area contributed by atoms with E-state index in [4.69, 9.17) is 9.47 Å². The number of para-hydroxylation sites is 3. The molecule has 0 amide bonds. The van der Waals surface area contributed by atoms with Gasteiger partial charge in [-0.2, -0.15) is 0 Å². The molecule has 8 aromatic rings. The summed E-state index contributed by atoms with van der Waals surface area (Å²) in [6, 6.07) is 52.1. The van der Waals surface area contributed by atoms with Crippen LogP contribution < -0.4 is 14.4 Å². The monoisotopic (exact) mass is 630 g/mol. The highest BCUT2D eigenvalue weighted by Gasteiger charge is 2.39. The molecule has 0 fully saturated rings. The summed E-state index contributed by atoms with van der Waals surface area (Å²) in [5.74, 6) is 3.36. The highest BCUT2D eigenvalue weighted by molar-refractivity contribution is 6.16. The fraction of sp³-hybridized carbons (Fsp3) is 0.0667. The van der Waals surface area contributed by atoms with E-state index in [9.17, 15) is 0 Å². The molecule has 1 aliphatic carbocycles. The molecule has 3 heterocycles. The van der Waals surface area contributed by atoms with Gasteiger partial charge in [-0.1, -0.05) is 98.8 Å². The Balaban J connectivity index is 1.07. The van der Waals surface area contributed by atoms with E-state index in [1.54, 1.807) is 0 Å². The normalized spacial score (nSPS) is 14.0. The maximum atomic E-state index is 6.61. The van der Waals surface area contributed by atoms with Crippen LogP contribution in [0.4, 0.5) is 17.1 Å². The van der Waals surface area contributed by atoms with Gasteiger partial charge < -0.3 is 14.4 Å². The van der Waals surface area contributed by atoms with Crippen LogP contribution >= 0.6 is 0 Å². The second-order valence-electron chi connectivity index (χ2n) is 13.8. The van der Waals surface area contributed by atoms with Crippen LogP contribution in [0.2, 0.25) is 0 Å². The van der Waals surface area contributed by atoms with Crippen molar-refractivity contribution in [1.82, 2.24) is 4.57 Å². The summed E-state index contributed by atoms with van der Waals surface area (Å²) < 4.78 is 15.3. The lowest BCUT2D eigenvalue weighted by atomic mass is 9.81. The Morgan fingerprint density at radius 1 is 0.510 bits per heavy atom. The predicted molar refractivity (Wildman–Crippen MR) is 199 cm³/mol. The number of fused-ring (bicyclic) bond motifs is 4.